The molecule has 2 heterocycles. The van der Waals surface area contributed by atoms with Gasteiger partial charge in [-0.15, -0.1) is 0 Å². The number of hydrogen-bond acceptors (Lipinski definition) is 7. The maximum atomic E-state index is 12.9. The molecule has 9 nitrogen and oxygen atoms in total. The van der Waals surface area contributed by atoms with Gasteiger partial charge in [-0.05, 0) is 55.0 Å². The van der Waals surface area contributed by atoms with Gasteiger partial charge in [0.2, 0.25) is 6.79 Å². The normalized spacial score (nSPS) is 14.9. The van der Waals surface area contributed by atoms with Gasteiger partial charge in [0, 0.05) is 11.6 Å². The van der Waals surface area contributed by atoms with Crippen molar-refractivity contribution in [2.75, 3.05) is 24.7 Å². The second-order valence-corrected chi connectivity index (χ2v) is 9.48. The number of nitrogens with one attached hydrogen (secondary N) is 2. The summed E-state index contributed by atoms with van der Waals surface area (Å²) in [7, 11) is -3.93. The van der Waals surface area contributed by atoms with E-state index in [1.165, 1.54) is 18.2 Å². The first-order chi connectivity index (χ1) is 16.4. The molecule has 0 fully saturated rings. The molecule has 0 radical (unpaired) electrons. The fourth-order valence-corrected chi connectivity index (χ4v) is 4.77. The Balaban J connectivity index is 1.30. The van der Waals surface area contributed by atoms with E-state index in [1.54, 1.807) is 24.3 Å². The van der Waals surface area contributed by atoms with Crippen molar-refractivity contribution in [2.24, 2.45) is 0 Å². The molecule has 1 unspecified atom stereocenters. The van der Waals surface area contributed by atoms with Gasteiger partial charge in [-0.2, -0.15) is 0 Å². The molecule has 5 rings (SSSR count). The molecule has 0 spiro atoms. The highest BCUT2D eigenvalue weighted by atomic mass is 32.2. The molecule has 0 saturated heterocycles. The van der Waals surface area contributed by atoms with Crippen LogP contribution in [0.5, 0.6) is 23.0 Å². The SMILES string of the molecule is CC(NC(=O)c1cccc(S(=O)(=O)Nc2ccc3c(c2)OCO3)c1)c1ccc2c(c1)OCCO2. The van der Waals surface area contributed by atoms with E-state index in [0.717, 1.165) is 5.56 Å². The first-order valence-corrected chi connectivity index (χ1v) is 12.1. The molecule has 0 saturated carbocycles. The van der Waals surface area contributed by atoms with E-state index in [2.05, 4.69) is 10.0 Å². The molecule has 0 aromatic heterocycles. The first-order valence-electron chi connectivity index (χ1n) is 10.6. The van der Waals surface area contributed by atoms with E-state index in [9.17, 15) is 13.2 Å². The molecule has 34 heavy (non-hydrogen) atoms. The second-order valence-electron chi connectivity index (χ2n) is 7.80. The maximum absolute atomic E-state index is 12.9. The number of anilines is 1. The number of benzene rings is 3. The van der Waals surface area contributed by atoms with Crippen molar-refractivity contribution < 1.29 is 32.2 Å². The minimum absolute atomic E-state index is 0.0372. The van der Waals surface area contributed by atoms with Crippen molar-refractivity contribution in [3.8, 4) is 23.0 Å². The smallest absolute Gasteiger partial charge is 0.261 e. The third-order valence-corrected chi connectivity index (χ3v) is 6.82. The quantitative estimate of drug-likeness (QED) is 0.553. The Morgan fingerprint density at radius 3 is 2.41 bits per heavy atom. The monoisotopic (exact) mass is 482 g/mol. The van der Waals surface area contributed by atoms with Crippen LogP contribution in [-0.4, -0.2) is 34.3 Å². The van der Waals surface area contributed by atoms with Crippen LogP contribution >= 0.6 is 0 Å². The van der Waals surface area contributed by atoms with Crippen molar-refractivity contribution in [1.29, 1.82) is 0 Å². The number of fused-ring (bicyclic) bond motifs is 2. The number of sulfonamides is 1. The Bertz CT molecular complexity index is 1360. The van der Waals surface area contributed by atoms with E-state index in [0.29, 0.717) is 41.9 Å². The number of ether oxygens (including phenoxy) is 4. The summed E-state index contributed by atoms with van der Waals surface area (Å²) < 4.78 is 50.0. The summed E-state index contributed by atoms with van der Waals surface area (Å²) in [5.41, 5.74) is 1.38. The molecule has 1 atom stereocenters. The summed E-state index contributed by atoms with van der Waals surface area (Å²) in [4.78, 5) is 12.8. The van der Waals surface area contributed by atoms with Crippen molar-refractivity contribution >= 4 is 21.6 Å². The van der Waals surface area contributed by atoms with Gasteiger partial charge in [0.05, 0.1) is 16.6 Å². The lowest BCUT2D eigenvalue weighted by molar-refractivity contribution is 0.0939. The molecule has 0 aliphatic carbocycles. The van der Waals surface area contributed by atoms with Crippen LogP contribution in [0.3, 0.4) is 0 Å². The average molecular weight is 483 g/mol. The minimum atomic E-state index is -3.93. The molecule has 176 valence electrons. The summed E-state index contributed by atoms with van der Waals surface area (Å²) in [5.74, 6) is 1.91. The highest BCUT2D eigenvalue weighted by molar-refractivity contribution is 7.92. The molecular weight excluding hydrogens is 460 g/mol. The highest BCUT2D eigenvalue weighted by Crippen LogP contribution is 2.35. The number of carbonyl (C=O) groups excluding carboxylic acids is 1. The van der Waals surface area contributed by atoms with E-state index < -0.39 is 15.9 Å². The van der Waals surface area contributed by atoms with Crippen molar-refractivity contribution in [3.05, 3.63) is 71.8 Å². The van der Waals surface area contributed by atoms with Gasteiger partial charge < -0.3 is 24.3 Å². The van der Waals surface area contributed by atoms with Gasteiger partial charge in [-0.1, -0.05) is 12.1 Å². The van der Waals surface area contributed by atoms with Crippen LogP contribution in [0, 0.1) is 0 Å². The molecule has 1 amide bonds. The molecule has 3 aromatic carbocycles. The maximum Gasteiger partial charge on any atom is 0.261 e. The van der Waals surface area contributed by atoms with Crippen LogP contribution in [0.15, 0.2) is 65.6 Å². The lowest BCUT2D eigenvalue weighted by Crippen LogP contribution is -2.27. The van der Waals surface area contributed by atoms with E-state index in [1.807, 2.05) is 25.1 Å². The minimum Gasteiger partial charge on any atom is -0.486 e. The zero-order chi connectivity index (χ0) is 23.7. The summed E-state index contributed by atoms with van der Waals surface area (Å²) in [6, 6.07) is 15.8. The number of carbonyl (C=O) groups is 1. The van der Waals surface area contributed by atoms with E-state index >= 15 is 0 Å². The topological polar surface area (TPSA) is 112 Å². The van der Waals surface area contributed by atoms with Crippen LogP contribution < -0.4 is 29.0 Å². The van der Waals surface area contributed by atoms with Gasteiger partial charge in [0.25, 0.3) is 15.9 Å². The third kappa shape index (κ3) is 4.44. The zero-order valence-corrected chi connectivity index (χ0v) is 19.1. The fraction of sp³-hybridized carbons (Fsp3) is 0.208. The van der Waals surface area contributed by atoms with Crippen LogP contribution in [0.1, 0.15) is 28.9 Å². The lowest BCUT2D eigenvalue weighted by Gasteiger charge is -2.21. The second kappa shape index (κ2) is 8.79. The Kier molecular flexibility index (Phi) is 5.66. The molecule has 2 aliphatic heterocycles. The van der Waals surface area contributed by atoms with Gasteiger partial charge >= 0.3 is 0 Å². The highest BCUT2D eigenvalue weighted by Gasteiger charge is 2.21. The first kappa shape index (κ1) is 21.9. The molecule has 2 N–H and O–H groups in total. The Labute approximate surface area is 196 Å². The lowest BCUT2D eigenvalue weighted by atomic mass is 10.1. The van der Waals surface area contributed by atoms with Gasteiger partial charge in [0.1, 0.15) is 13.2 Å². The van der Waals surface area contributed by atoms with Crippen molar-refractivity contribution in [2.45, 2.75) is 17.9 Å². The average Bonchev–Trinajstić information content (AvgIpc) is 3.31. The van der Waals surface area contributed by atoms with Crippen LogP contribution in [0.25, 0.3) is 0 Å². The van der Waals surface area contributed by atoms with E-state index in [-0.39, 0.29) is 23.3 Å². The summed E-state index contributed by atoms with van der Waals surface area (Å²) >= 11 is 0. The van der Waals surface area contributed by atoms with Gasteiger partial charge in [0.15, 0.2) is 23.0 Å². The Morgan fingerprint density at radius 1 is 0.853 bits per heavy atom. The standard InChI is InChI=1S/C24H22N2O7S/c1-15(16-5-7-20-22(12-16)31-10-9-30-20)25-24(27)17-3-2-4-19(11-17)34(28,29)26-18-6-8-21-23(13-18)33-14-32-21/h2-8,11-13,15,26H,9-10,14H2,1H3,(H,25,27). The zero-order valence-electron chi connectivity index (χ0n) is 18.2. The number of rotatable bonds is 6. The summed E-state index contributed by atoms with van der Waals surface area (Å²) in [6.07, 6.45) is 0. The Morgan fingerprint density at radius 2 is 1.56 bits per heavy atom. The van der Waals surface area contributed by atoms with E-state index in [4.69, 9.17) is 18.9 Å². The third-order valence-electron chi connectivity index (χ3n) is 5.45. The van der Waals surface area contributed by atoms with Crippen LogP contribution in [0.4, 0.5) is 5.69 Å². The molecule has 3 aromatic rings. The fourth-order valence-electron chi connectivity index (χ4n) is 3.67. The summed E-state index contributed by atoms with van der Waals surface area (Å²) in [5, 5.41) is 2.89. The number of amides is 1. The largest absolute Gasteiger partial charge is 0.486 e. The predicted molar refractivity (Wildman–Crippen MR) is 123 cm³/mol. The van der Waals surface area contributed by atoms with Crippen molar-refractivity contribution in [3.63, 3.8) is 0 Å². The molecule has 10 heteroatoms. The molecule has 2 aliphatic rings. The molecule has 0 bridgehead atoms. The van der Waals surface area contributed by atoms with Crippen molar-refractivity contribution in [1.82, 2.24) is 5.32 Å². The van der Waals surface area contributed by atoms with Crippen LogP contribution in [0.2, 0.25) is 0 Å². The Hall–Kier alpha value is -3.92. The summed E-state index contributed by atoms with van der Waals surface area (Å²) in [6.45, 7) is 2.90. The van der Waals surface area contributed by atoms with Crippen LogP contribution in [-0.2, 0) is 10.0 Å². The van der Waals surface area contributed by atoms with Gasteiger partial charge in [-0.25, -0.2) is 8.42 Å². The van der Waals surface area contributed by atoms with Gasteiger partial charge in [-0.3, -0.25) is 9.52 Å². The number of hydrogen-bond donors (Lipinski definition) is 2. The molecular formula is C24H22N2O7S. The predicted octanol–water partition coefficient (Wildman–Crippen LogP) is 3.48.